The van der Waals surface area contributed by atoms with Gasteiger partial charge in [-0.05, 0) is 49.3 Å². The summed E-state index contributed by atoms with van der Waals surface area (Å²) >= 11 is 0. The van der Waals surface area contributed by atoms with Crippen LogP contribution in [-0.4, -0.2) is 5.78 Å². The van der Waals surface area contributed by atoms with Gasteiger partial charge in [0.2, 0.25) is 0 Å². The molecule has 1 aromatic carbocycles. The van der Waals surface area contributed by atoms with Crippen LogP contribution in [0.2, 0.25) is 0 Å². The maximum absolute atomic E-state index is 13.3. The molecule has 0 aliphatic heterocycles. The molecule has 0 aromatic heterocycles. The number of rotatable bonds is 7. The molecular formula is C21H35FO. The third-order valence-electron chi connectivity index (χ3n) is 3.64. The van der Waals surface area contributed by atoms with E-state index < -0.39 is 0 Å². The fraction of sp³-hybridized carbons (Fsp3) is 0.571. The highest BCUT2D eigenvalue weighted by molar-refractivity contribution is 5.89. The smallest absolute Gasteiger partial charge is 0.155 e. The Morgan fingerprint density at radius 1 is 1.30 bits per heavy atom. The second-order valence-corrected chi connectivity index (χ2v) is 6.42. The van der Waals surface area contributed by atoms with Crippen molar-refractivity contribution in [3.63, 3.8) is 0 Å². The number of hydrogen-bond donors (Lipinski definition) is 0. The second-order valence-electron chi connectivity index (χ2n) is 6.42. The molecule has 1 nitrogen and oxygen atoms in total. The first-order valence-electron chi connectivity index (χ1n) is 8.20. The molecule has 1 atom stereocenters. The van der Waals surface area contributed by atoms with Crippen molar-refractivity contribution in [2.75, 3.05) is 0 Å². The fourth-order valence-corrected chi connectivity index (χ4v) is 1.99. The lowest BCUT2D eigenvalue weighted by atomic mass is 9.98. The standard InChI is InChI=1S/C13H19F.C7H12O.CH4/c1-4-10(2)5-7-12-9-11(3)6-8-13(12)14;1-4-7(8)5-6(2)3;/h6,8-10H,4-5,7H2,1-3H3;4,6H,1,5H2,2-3H3;1H4. The molecule has 1 aromatic rings. The van der Waals surface area contributed by atoms with Crippen LogP contribution in [0, 0.1) is 24.6 Å². The van der Waals surface area contributed by atoms with Gasteiger partial charge in [0.15, 0.2) is 5.78 Å². The number of halogens is 1. The number of aryl methyl sites for hydroxylation is 2. The Kier molecular flexibility index (Phi) is 13.5. The van der Waals surface area contributed by atoms with Gasteiger partial charge in [0.25, 0.3) is 0 Å². The van der Waals surface area contributed by atoms with Gasteiger partial charge in [-0.15, -0.1) is 0 Å². The third kappa shape index (κ3) is 11.7. The molecule has 0 radical (unpaired) electrons. The molecule has 0 saturated carbocycles. The van der Waals surface area contributed by atoms with Crippen molar-refractivity contribution in [1.82, 2.24) is 0 Å². The molecule has 2 heteroatoms. The molecule has 1 rings (SSSR count). The van der Waals surface area contributed by atoms with E-state index in [1.807, 2.05) is 32.9 Å². The molecule has 0 fully saturated rings. The Labute approximate surface area is 143 Å². The van der Waals surface area contributed by atoms with E-state index >= 15 is 0 Å². The van der Waals surface area contributed by atoms with Gasteiger partial charge in [-0.3, -0.25) is 4.79 Å². The normalized spacial score (nSPS) is 11.1. The summed E-state index contributed by atoms with van der Waals surface area (Å²) in [6.45, 7) is 13.8. The van der Waals surface area contributed by atoms with E-state index in [2.05, 4.69) is 20.4 Å². The van der Waals surface area contributed by atoms with Crippen molar-refractivity contribution in [2.24, 2.45) is 11.8 Å². The van der Waals surface area contributed by atoms with E-state index in [1.165, 1.54) is 12.5 Å². The molecule has 0 spiro atoms. The van der Waals surface area contributed by atoms with Crippen molar-refractivity contribution in [3.05, 3.63) is 47.8 Å². The molecule has 0 heterocycles. The van der Waals surface area contributed by atoms with Crippen molar-refractivity contribution < 1.29 is 9.18 Å². The van der Waals surface area contributed by atoms with E-state index in [0.717, 1.165) is 24.0 Å². The molecular weight excluding hydrogens is 287 g/mol. The number of carbonyl (C=O) groups excluding carboxylic acids is 1. The topological polar surface area (TPSA) is 17.1 Å². The van der Waals surface area contributed by atoms with Crippen molar-refractivity contribution in [2.45, 2.75) is 67.7 Å². The number of allylic oxidation sites excluding steroid dienone is 1. The molecule has 0 aliphatic carbocycles. The van der Waals surface area contributed by atoms with E-state index in [9.17, 15) is 9.18 Å². The first-order chi connectivity index (χ1) is 10.3. The van der Waals surface area contributed by atoms with Crippen LogP contribution in [0.25, 0.3) is 0 Å². The van der Waals surface area contributed by atoms with Gasteiger partial charge in [-0.2, -0.15) is 0 Å². The van der Waals surface area contributed by atoms with E-state index in [-0.39, 0.29) is 19.0 Å². The van der Waals surface area contributed by atoms with Gasteiger partial charge in [-0.1, -0.05) is 65.8 Å². The number of benzene rings is 1. The van der Waals surface area contributed by atoms with Crippen LogP contribution in [0.5, 0.6) is 0 Å². The Morgan fingerprint density at radius 2 is 1.91 bits per heavy atom. The van der Waals surface area contributed by atoms with Crippen LogP contribution >= 0.6 is 0 Å². The molecule has 0 bridgehead atoms. The average Bonchev–Trinajstić information content (AvgIpc) is 2.47. The second kappa shape index (κ2) is 13.0. The molecule has 1 unspecified atom stereocenters. The molecule has 0 N–H and O–H groups in total. The van der Waals surface area contributed by atoms with Crippen LogP contribution in [0.4, 0.5) is 4.39 Å². The Morgan fingerprint density at radius 3 is 2.35 bits per heavy atom. The van der Waals surface area contributed by atoms with E-state index in [0.29, 0.717) is 18.3 Å². The number of carbonyl (C=O) groups is 1. The monoisotopic (exact) mass is 322 g/mol. The Hall–Kier alpha value is -1.44. The van der Waals surface area contributed by atoms with Gasteiger partial charge >= 0.3 is 0 Å². The summed E-state index contributed by atoms with van der Waals surface area (Å²) in [5.74, 6) is 1.23. The maximum Gasteiger partial charge on any atom is 0.155 e. The zero-order valence-electron chi connectivity index (χ0n) is 14.8. The molecule has 23 heavy (non-hydrogen) atoms. The van der Waals surface area contributed by atoms with Crippen LogP contribution in [0.15, 0.2) is 30.9 Å². The first kappa shape index (κ1) is 23.8. The lowest BCUT2D eigenvalue weighted by Gasteiger charge is -2.09. The lowest BCUT2D eigenvalue weighted by molar-refractivity contribution is -0.115. The van der Waals surface area contributed by atoms with E-state index in [4.69, 9.17) is 0 Å². The average molecular weight is 323 g/mol. The van der Waals surface area contributed by atoms with Gasteiger partial charge in [0.05, 0.1) is 0 Å². The van der Waals surface area contributed by atoms with Crippen LogP contribution in [0.3, 0.4) is 0 Å². The maximum atomic E-state index is 13.3. The minimum Gasteiger partial charge on any atom is -0.295 e. The minimum absolute atomic E-state index is 0. The SMILES string of the molecule is C.C=CC(=O)CC(C)C.CCC(C)CCc1cc(C)ccc1F. The zero-order valence-corrected chi connectivity index (χ0v) is 14.8. The van der Waals surface area contributed by atoms with Crippen molar-refractivity contribution in [3.8, 4) is 0 Å². The van der Waals surface area contributed by atoms with Gasteiger partial charge < -0.3 is 0 Å². The predicted octanol–water partition coefficient (Wildman–Crippen LogP) is 6.54. The highest BCUT2D eigenvalue weighted by Crippen LogP contribution is 2.16. The van der Waals surface area contributed by atoms with Gasteiger partial charge in [0, 0.05) is 6.42 Å². The summed E-state index contributed by atoms with van der Waals surface area (Å²) in [6, 6.07) is 5.35. The summed E-state index contributed by atoms with van der Waals surface area (Å²) in [7, 11) is 0. The highest BCUT2D eigenvalue weighted by atomic mass is 19.1. The molecule has 0 aliphatic rings. The highest BCUT2D eigenvalue weighted by Gasteiger charge is 2.04. The first-order valence-corrected chi connectivity index (χ1v) is 8.20. The van der Waals surface area contributed by atoms with Crippen molar-refractivity contribution in [1.29, 1.82) is 0 Å². The molecule has 0 amide bonds. The van der Waals surface area contributed by atoms with Crippen molar-refractivity contribution >= 4 is 5.78 Å². The number of ketones is 1. The summed E-state index contributed by atoms with van der Waals surface area (Å²) < 4.78 is 13.3. The Bertz CT molecular complexity index is 463. The largest absolute Gasteiger partial charge is 0.295 e. The zero-order chi connectivity index (χ0) is 17.1. The predicted molar refractivity (Wildman–Crippen MR) is 100 cm³/mol. The third-order valence-corrected chi connectivity index (χ3v) is 3.64. The minimum atomic E-state index is -0.0566. The Balaban J connectivity index is 0. The number of hydrogen-bond acceptors (Lipinski definition) is 1. The van der Waals surface area contributed by atoms with Crippen LogP contribution < -0.4 is 0 Å². The molecule has 132 valence electrons. The lowest BCUT2D eigenvalue weighted by Crippen LogP contribution is -1.98. The van der Waals surface area contributed by atoms with E-state index in [1.54, 1.807) is 6.07 Å². The van der Waals surface area contributed by atoms with Gasteiger partial charge in [-0.25, -0.2) is 4.39 Å². The van der Waals surface area contributed by atoms with Crippen LogP contribution in [0.1, 0.15) is 65.5 Å². The summed E-state index contributed by atoms with van der Waals surface area (Å²) in [4.78, 5) is 10.5. The summed E-state index contributed by atoms with van der Waals surface area (Å²) in [6.07, 6.45) is 5.12. The van der Waals surface area contributed by atoms with Gasteiger partial charge in [0.1, 0.15) is 5.82 Å². The van der Waals surface area contributed by atoms with Crippen LogP contribution in [-0.2, 0) is 11.2 Å². The summed E-state index contributed by atoms with van der Waals surface area (Å²) in [5.41, 5.74) is 2.01. The quantitative estimate of drug-likeness (QED) is 0.521. The fourth-order valence-electron chi connectivity index (χ4n) is 1.99. The molecule has 0 saturated heterocycles. The summed E-state index contributed by atoms with van der Waals surface area (Å²) in [5, 5.41) is 0.